The summed E-state index contributed by atoms with van der Waals surface area (Å²) in [4.78, 5) is 11.1. The maximum Gasteiger partial charge on any atom is 0.258 e. The molecule has 0 aromatic heterocycles. The number of rotatable bonds is 5. The van der Waals surface area contributed by atoms with Gasteiger partial charge in [0.2, 0.25) is 0 Å². The highest BCUT2D eigenvalue weighted by atomic mass is 35.5. The van der Waals surface area contributed by atoms with Crippen molar-refractivity contribution in [2.75, 3.05) is 0 Å². The molecule has 0 radical (unpaired) electrons. The van der Waals surface area contributed by atoms with Crippen molar-refractivity contribution in [3.8, 4) is 5.75 Å². The summed E-state index contributed by atoms with van der Waals surface area (Å²) >= 11 is 6.12. The Bertz CT molecular complexity index is 455. The van der Waals surface area contributed by atoms with Gasteiger partial charge in [-0.1, -0.05) is 23.7 Å². The van der Waals surface area contributed by atoms with Crippen LogP contribution in [0, 0.1) is 0 Å². The van der Waals surface area contributed by atoms with Crippen LogP contribution in [-0.4, -0.2) is 17.6 Å². The first kappa shape index (κ1) is 15.8. The smallest absolute Gasteiger partial charge is 0.258 e. The third-order valence-electron chi connectivity index (χ3n) is 2.55. The predicted molar refractivity (Wildman–Crippen MR) is 77.3 cm³/mol. The molecule has 0 aliphatic rings. The standard InChI is InChI=1S/C14H21ClN2O2/c1-9(13(16)18)19-12-10(6-5-7-11(12)15)8-17-14(2,3)4/h5-7,9,17H,8H2,1-4H3,(H2,16,18). The van der Waals surface area contributed by atoms with Crippen LogP contribution >= 0.6 is 11.6 Å². The van der Waals surface area contributed by atoms with Crippen LogP contribution in [0.5, 0.6) is 5.75 Å². The second-order valence-electron chi connectivity index (χ2n) is 5.49. The number of nitrogens with two attached hydrogens (primary N) is 1. The van der Waals surface area contributed by atoms with Gasteiger partial charge in [0.1, 0.15) is 5.75 Å². The van der Waals surface area contributed by atoms with E-state index in [1.54, 1.807) is 13.0 Å². The van der Waals surface area contributed by atoms with Crippen molar-refractivity contribution in [1.29, 1.82) is 0 Å². The topological polar surface area (TPSA) is 64.3 Å². The van der Waals surface area contributed by atoms with Gasteiger partial charge in [-0.3, -0.25) is 4.79 Å². The summed E-state index contributed by atoms with van der Waals surface area (Å²) in [6.07, 6.45) is -0.715. The van der Waals surface area contributed by atoms with E-state index < -0.39 is 12.0 Å². The van der Waals surface area contributed by atoms with E-state index in [-0.39, 0.29) is 5.54 Å². The van der Waals surface area contributed by atoms with Crippen LogP contribution in [-0.2, 0) is 11.3 Å². The molecule has 1 atom stereocenters. The Hall–Kier alpha value is -1.26. The lowest BCUT2D eigenvalue weighted by Gasteiger charge is -2.22. The third kappa shape index (κ3) is 5.09. The molecule has 4 nitrogen and oxygen atoms in total. The van der Waals surface area contributed by atoms with Gasteiger partial charge >= 0.3 is 0 Å². The summed E-state index contributed by atoms with van der Waals surface area (Å²) in [5.41, 5.74) is 6.08. The summed E-state index contributed by atoms with van der Waals surface area (Å²) in [6, 6.07) is 5.49. The van der Waals surface area contributed by atoms with E-state index in [9.17, 15) is 4.79 Å². The van der Waals surface area contributed by atoms with Gasteiger partial charge in [0.25, 0.3) is 5.91 Å². The molecule has 0 fully saturated rings. The summed E-state index contributed by atoms with van der Waals surface area (Å²) in [5, 5.41) is 3.83. The summed E-state index contributed by atoms with van der Waals surface area (Å²) in [5.74, 6) is -0.0122. The van der Waals surface area contributed by atoms with Crippen molar-refractivity contribution < 1.29 is 9.53 Å². The molecule has 1 amide bonds. The largest absolute Gasteiger partial charge is 0.479 e. The molecule has 1 unspecified atom stereocenters. The zero-order chi connectivity index (χ0) is 14.6. The van der Waals surface area contributed by atoms with Crippen LogP contribution < -0.4 is 15.8 Å². The van der Waals surface area contributed by atoms with Crippen molar-refractivity contribution in [3.63, 3.8) is 0 Å². The SMILES string of the molecule is CC(Oc1c(Cl)cccc1CNC(C)(C)C)C(N)=O. The normalized spacial score (nSPS) is 13.1. The van der Waals surface area contributed by atoms with E-state index in [0.717, 1.165) is 5.56 Å². The number of halogens is 1. The fourth-order valence-corrected chi connectivity index (χ4v) is 1.66. The number of hydrogen-bond donors (Lipinski definition) is 2. The van der Waals surface area contributed by atoms with Crippen molar-refractivity contribution in [3.05, 3.63) is 28.8 Å². The molecular weight excluding hydrogens is 264 g/mol. The maximum absolute atomic E-state index is 11.1. The molecule has 106 valence electrons. The highest BCUT2D eigenvalue weighted by Gasteiger charge is 2.17. The van der Waals surface area contributed by atoms with Crippen molar-refractivity contribution >= 4 is 17.5 Å². The first-order valence-electron chi connectivity index (χ1n) is 6.19. The summed E-state index contributed by atoms with van der Waals surface area (Å²) in [7, 11) is 0. The molecule has 0 saturated carbocycles. The number of carbonyl (C=O) groups is 1. The molecule has 0 heterocycles. The molecular formula is C14H21ClN2O2. The number of amides is 1. The van der Waals surface area contributed by atoms with Crippen LogP contribution in [0.25, 0.3) is 0 Å². The Morgan fingerprint density at radius 1 is 1.47 bits per heavy atom. The van der Waals surface area contributed by atoms with Gasteiger partial charge in [-0.25, -0.2) is 0 Å². The molecule has 0 aliphatic carbocycles. The van der Waals surface area contributed by atoms with Crippen molar-refractivity contribution in [1.82, 2.24) is 5.32 Å². The van der Waals surface area contributed by atoms with Gasteiger partial charge in [-0.15, -0.1) is 0 Å². The Kier molecular flexibility index (Phi) is 5.20. The quantitative estimate of drug-likeness (QED) is 0.873. The van der Waals surface area contributed by atoms with Gasteiger partial charge < -0.3 is 15.8 Å². The van der Waals surface area contributed by atoms with E-state index >= 15 is 0 Å². The van der Waals surface area contributed by atoms with Gasteiger partial charge in [-0.05, 0) is 33.8 Å². The molecule has 0 aliphatic heterocycles. The highest BCUT2D eigenvalue weighted by Crippen LogP contribution is 2.29. The second-order valence-corrected chi connectivity index (χ2v) is 5.90. The van der Waals surface area contributed by atoms with Gasteiger partial charge in [-0.2, -0.15) is 0 Å². The second kappa shape index (κ2) is 6.26. The average molecular weight is 285 g/mol. The number of nitrogens with one attached hydrogen (secondary N) is 1. The van der Waals surface area contributed by atoms with Gasteiger partial charge in [0.15, 0.2) is 6.10 Å². The van der Waals surface area contributed by atoms with Gasteiger partial charge in [0.05, 0.1) is 5.02 Å². The molecule has 1 aromatic rings. The molecule has 1 aromatic carbocycles. The van der Waals surface area contributed by atoms with E-state index in [4.69, 9.17) is 22.1 Å². The Labute approximate surface area is 119 Å². The molecule has 0 saturated heterocycles. The van der Waals surface area contributed by atoms with E-state index in [1.165, 1.54) is 0 Å². The molecule has 1 rings (SSSR count). The maximum atomic E-state index is 11.1. The lowest BCUT2D eigenvalue weighted by atomic mass is 10.1. The van der Waals surface area contributed by atoms with E-state index in [1.807, 2.05) is 12.1 Å². The average Bonchev–Trinajstić information content (AvgIpc) is 2.28. The lowest BCUT2D eigenvalue weighted by Crippen LogP contribution is -2.35. The number of carbonyl (C=O) groups excluding carboxylic acids is 1. The number of hydrogen-bond acceptors (Lipinski definition) is 3. The molecule has 19 heavy (non-hydrogen) atoms. The summed E-state index contributed by atoms with van der Waals surface area (Å²) in [6.45, 7) is 8.43. The molecule has 0 spiro atoms. The minimum Gasteiger partial charge on any atom is -0.479 e. The first-order valence-corrected chi connectivity index (χ1v) is 6.57. The lowest BCUT2D eigenvalue weighted by molar-refractivity contribution is -0.124. The minimum absolute atomic E-state index is 0.0190. The molecule has 0 bridgehead atoms. The zero-order valence-corrected chi connectivity index (χ0v) is 12.5. The number of para-hydroxylation sites is 1. The predicted octanol–water partition coefficient (Wildman–Crippen LogP) is 2.48. The number of ether oxygens (including phenoxy) is 1. The van der Waals surface area contributed by atoms with Crippen molar-refractivity contribution in [2.24, 2.45) is 5.73 Å². The summed E-state index contributed by atoms with van der Waals surface area (Å²) < 4.78 is 5.56. The first-order chi connectivity index (χ1) is 8.70. The Morgan fingerprint density at radius 2 is 2.11 bits per heavy atom. The number of benzene rings is 1. The zero-order valence-electron chi connectivity index (χ0n) is 11.8. The van der Waals surface area contributed by atoms with Crippen LogP contribution in [0.4, 0.5) is 0 Å². The van der Waals surface area contributed by atoms with Gasteiger partial charge in [0, 0.05) is 17.6 Å². The highest BCUT2D eigenvalue weighted by molar-refractivity contribution is 6.32. The minimum atomic E-state index is -0.715. The molecule has 5 heteroatoms. The van der Waals surface area contributed by atoms with Crippen LogP contribution in [0.1, 0.15) is 33.3 Å². The van der Waals surface area contributed by atoms with Crippen LogP contribution in [0.2, 0.25) is 5.02 Å². The van der Waals surface area contributed by atoms with E-state index in [2.05, 4.69) is 26.1 Å². The Morgan fingerprint density at radius 3 is 2.63 bits per heavy atom. The Balaban J connectivity index is 2.92. The monoisotopic (exact) mass is 284 g/mol. The third-order valence-corrected chi connectivity index (χ3v) is 2.85. The molecule has 3 N–H and O–H groups in total. The van der Waals surface area contributed by atoms with Crippen LogP contribution in [0.15, 0.2) is 18.2 Å². The number of primary amides is 1. The van der Waals surface area contributed by atoms with E-state index in [0.29, 0.717) is 17.3 Å². The fraction of sp³-hybridized carbons (Fsp3) is 0.500. The van der Waals surface area contributed by atoms with Crippen LogP contribution in [0.3, 0.4) is 0 Å². The fourth-order valence-electron chi connectivity index (χ4n) is 1.42. The van der Waals surface area contributed by atoms with Crippen molar-refractivity contribution in [2.45, 2.75) is 45.9 Å².